The summed E-state index contributed by atoms with van der Waals surface area (Å²) >= 11 is 0. The number of sulfonamides is 1. The fraction of sp³-hybridized carbons (Fsp3) is 1.00. The molecular formula is C3H6NNaO2S. The van der Waals surface area contributed by atoms with Crippen LogP contribution in [0.2, 0.25) is 0 Å². The normalized spacial score (nSPS) is 19.6. The first-order chi connectivity index (χ1) is 3.11. The van der Waals surface area contributed by atoms with E-state index in [1.54, 1.807) is 0 Å². The van der Waals surface area contributed by atoms with Crippen molar-refractivity contribution in [3.05, 3.63) is 5.14 Å². The van der Waals surface area contributed by atoms with Crippen LogP contribution in [0.15, 0.2) is 0 Å². The van der Waals surface area contributed by atoms with Crippen LogP contribution in [-0.2, 0) is 10.0 Å². The van der Waals surface area contributed by atoms with Crippen molar-refractivity contribution >= 4 is 10.0 Å². The van der Waals surface area contributed by atoms with Gasteiger partial charge in [-0.05, 0) is 12.8 Å². The summed E-state index contributed by atoms with van der Waals surface area (Å²) in [5.74, 6) is 0. The Morgan fingerprint density at radius 3 is 1.75 bits per heavy atom. The van der Waals surface area contributed by atoms with Gasteiger partial charge in [-0.3, -0.25) is 0 Å². The van der Waals surface area contributed by atoms with Gasteiger partial charge in [0.1, 0.15) is 0 Å². The van der Waals surface area contributed by atoms with Gasteiger partial charge in [-0.2, -0.15) is 0 Å². The predicted molar refractivity (Wildman–Crippen MR) is 26.3 cm³/mol. The molecule has 3 nitrogen and oxygen atoms in total. The largest absolute Gasteiger partial charge is 1.00 e. The molecule has 1 N–H and O–H groups in total. The van der Waals surface area contributed by atoms with E-state index in [0.717, 1.165) is 0 Å². The van der Waals surface area contributed by atoms with E-state index in [1.807, 2.05) is 0 Å². The van der Waals surface area contributed by atoms with Crippen LogP contribution in [0.25, 0.3) is 5.14 Å². The molecule has 0 aliphatic heterocycles. The van der Waals surface area contributed by atoms with Crippen molar-refractivity contribution in [2.45, 2.75) is 18.1 Å². The summed E-state index contributed by atoms with van der Waals surface area (Å²) in [4.78, 5) is 0. The van der Waals surface area contributed by atoms with E-state index < -0.39 is 10.0 Å². The number of hydrogen-bond acceptors (Lipinski definition) is 2. The van der Waals surface area contributed by atoms with Gasteiger partial charge in [0.2, 0.25) is 0 Å². The van der Waals surface area contributed by atoms with E-state index in [9.17, 15) is 8.42 Å². The minimum Gasteiger partial charge on any atom is -0.564 e. The van der Waals surface area contributed by atoms with E-state index in [2.05, 4.69) is 0 Å². The number of nitrogens with one attached hydrogen (secondary N) is 1. The number of hydrogen-bond donors (Lipinski definition) is 0. The van der Waals surface area contributed by atoms with Crippen LogP contribution in [-0.4, -0.2) is 13.7 Å². The first kappa shape index (κ1) is 8.91. The maximum Gasteiger partial charge on any atom is 1.00 e. The first-order valence-electron chi connectivity index (χ1n) is 2.09. The Morgan fingerprint density at radius 2 is 1.75 bits per heavy atom. The Hall–Kier alpha value is 0.910. The monoisotopic (exact) mass is 143 g/mol. The minimum absolute atomic E-state index is 0. The van der Waals surface area contributed by atoms with Crippen LogP contribution in [0.1, 0.15) is 12.8 Å². The van der Waals surface area contributed by atoms with E-state index >= 15 is 0 Å². The fourth-order valence-electron chi connectivity index (χ4n) is 0.378. The van der Waals surface area contributed by atoms with Crippen LogP contribution >= 0.6 is 0 Å². The Kier molecular flexibility index (Phi) is 2.97. The summed E-state index contributed by atoms with van der Waals surface area (Å²) in [7, 11) is -3.38. The van der Waals surface area contributed by atoms with Crippen molar-refractivity contribution in [3.63, 3.8) is 0 Å². The first-order valence-corrected chi connectivity index (χ1v) is 3.64. The average molecular weight is 143 g/mol. The molecule has 8 heavy (non-hydrogen) atoms. The molecule has 0 aromatic carbocycles. The molecule has 42 valence electrons. The molecule has 0 radical (unpaired) electrons. The summed E-state index contributed by atoms with van der Waals surface area (Å²) in [5.41, 5.74) is 0. The van der Waals surface area contributed by atoms with Crippen molar-refractivity contribution in [1.82, 2.24) is 0 Å². The fourth-order valence-corrected chi connectivity index (χ4v) is 1.14. The topological polar surface area (TPSA) is 57.9 Å². The second-order valence-corrected chi connectivity index (χ2v) is 3.50. The standard InChI is InChI=1S/C3H6NO2S.Na/c4-7(5,6)3-1-2-3;/h3H,1-2H2,(H-,4,5,6);/q-1;+1. The van der Waals surface area contributed by atoms with Crippen LogP contribution < -0.4 is 29.6 Å². The van der Waals surface area contributed by atoms with Gasteiger partial charge in [-0.15, -0.1) is 0 Å². The van der Waals surface area contributed by atoms with Gasteiger partial charge in [0.15, 0.2) is 0 Å². The van der Waals surface area contributed by atoms with Crippen LogP contribution in [0.5, 0.6) is 0 Å². The molecule has 0 heterocycles. The zero-order valence-electron chi connectivity index (χ0n) is 4.72. The Labute approximate surface area is 71.0 Å². The molecule has 0 amide bonds. The molecule has 0 bridgehead atoms. The second-order valence-electron chi connectivity index (χ2n) is 1.74. The zero-order valence-corrected chi connectivity index (χ0v) is 7.53. The number of rotatable bonds is 1. The Bertz CT molecular complexity index is 160. The molecule has 1 saturated carbocycles. The minimum atomic E-state index is -3.38. The van der Waals surface area contributed by atoms with Crippen molar-refractivity contribution in [2.24, 2.45) is 0 Å². The molecule has 0 aromatic heterocycles. The molecule has 5 heteroatoms. The Balaban J connectivity index is 0.000000490. The van der Waals surface area contributed by atoms with Gasteiger partial charge in [0.25, 0.3) is 0 Å². The van der Waals surface area contributed by atoms with Crippen molar-refractivity contribution < 1.29 is 38.0 Å². The summed E-state index contributed by atoms with van der Waals surface area (Å²) in [6, 6.07) is 0. The quantitative estimate of drug-likeness (QED) is 0.382. The smallest absolute Gasteiger partial charge is 0.564 e. The SMILES string of the molecule is [NH-]S(=O)(=O)C1CC1.[Na+]. The summed E-state index contributed by atoms with van der Waals surface area (Å²) in [6.07, 6.45) is 1.40. The van der Waals surface area contributed by atoms with Crippen molar-refractivity contribution in [2.75, 3.05) is 0 Å². The second kappa shape index (κ2) is 2.66. The average Bonchev–Trinajstić information content (AvgIpc) is 1.99. The molecule has 1 rings (SSSR count). The molecule has 0 saturated heterocycles. The molecule has 0 aromatic rings. The zero-order chi connectivity index (χ0) is 5.49. The predicted octanol–water partition coefficient (Wildman–Crippen LogP) is -2.47. The maximum atomic E-state index is 10.1. The molecule has 0 spiro atoms. The Morgan fingerprint density at radius 1 is 1.38 bits per heavy atom. The van der Waals surface area contributed by atoms with Crippen LogP contribution in [0, 0.1) is 0 Å². The van der Waals surface area contributed by atoms with Crippen molar-refractivity contribution in [1.29, 1.82) is 0 Å². The van der Waals surface area contributed by atoms with Gasteiger partial charge in [0, 0.05) is 5.25 Å². The van der Waals surface area contributed by atoms with E-state index in [0.29, 0.717) is 12.8 Å². The summed E-state index contributed by atoms with van der Waals surface area (Å²) in [5, 5.41) is 6.11. The maximum absolute atomic E-state index is 10.1. The van der Waals surface area contributed by atoms with Gasteiger partial charge >= 0.3 is 29.6 Å². The van der Waals surface area contributed by atoms with Gasteiger partial charge in [0.05, 0.1) is 10.0 Å². The van der Waals surface area contributed by atoms with E-state index in [4.69, 9.17) is 5.14 Å². The molecule has 1 fully saturated rings. The summed E-state index contributed by atoms with van der Waals surface area (Å²) < 4.78 is 20.1. The van der Waals surface area contributed by atoms with E-state index in [-0.39, 0.29) is 34.8 Å². The molecular weight excluding hydrogens is 137 g/mol. The van der Waals surface area contributed by atoms with Crippen LogP contribution in [0.4, 0.5) is 0 Å². The third-order valence-corrected chi connectivity index (χ3v) is 2.31. The van der Waals surface area contributed by atoms with Crippen LogP contribution in [0.3, 0.4) is 0 Å². The molecule has 0 atom stereocenters. The van der Waals surface area contributed by atoms with Gasteiger partial charge in [-0.25, -0.2) is 8.42 Å². The van der Waals surface area contributed by atoms with Crippen molar-refractivity contribution in [3.8, 4) is 0 Å². The third kappa shape index (κ3) is 2.46. The summed E-state index contributed by atoms with van der Waals surface area (Å²) in [6.45, 7) is 0. The third-order valence-electron chi connectivity index (χ3n) is 0.963. The molecule has 1 aliphatic carbocycles. The molecule has 0 unspecified atom stereocenters. The van der Waals surface area contributed by atoms with Gasteiger partial charge in [-0.1, -0.05) is 0 Å². The van der Waals surface area contributed by atoms with E-state index in [1.165, 1.54) is 0 Å². The van der Waals surface area contributed by atoms with Gasteiger partial charge < -0.3 is 5.14 Å². The molecule has 1 aliphatic rings.